The minimum Gasteiger partial charge on any atom is -0.378 e. The van der Waals surface area contributed by atoms with Gasteiger partial charge < -0.3 is 19.5 Å². The van der Waals surface area contributed by atoms with Crippen molar-refractivity contribution in [1.29, 1.82) is 0 Å². The number of likely N-dealkylation sites (tertiary alicyclic amines) is 1. The van der Waals surface area contributed by atoms with E-state index in [1.165, 1.54) is 6.20 Å². The number of piperidine rings is 1. The Morgan fingerprint density at radius 1 is 1.15 bits per heavy atom. The minimum atomic E-state index is -0.403. The lowest BCUT2D eigenvalue weighted by molar-refractivity contribution is -0.141. The second-order valence-corrected chi connectivity index (χ2v) is 7.17. The maximum absolute atomic E-state index is 12.6. The first-order valence-electron chi connectivity index (χ1n) is 9.22. The molecule has 2 fully saturated rings. The number of H-pyrrole nitrogens is 1. The van der Waals surface area contributed by atoms with Crippen molar-refractivity contribution < 1.29 is 14.3 Å². The molecule has 0 spiro atoms. The Bertz CT molecular complexity index is 716. The summed E-state index contributed by atoms with van der Waals surface area (Å²) in [5, 5.41) is 0. The summed E-state index contributed by atoms with van der Waals surface area (Å²) in [6.07, 6.45) is 2.61. The van der Waals surface area contributed by atoms with E-state index in [-0.39, 0.29) is 29.2 Å². The topological polar surface area (TPSA) is 95.6 Å². The van der Waals surface area contributed by atoms with Crippen LogP contribution >= 0.6 is 0 Å². The molecule has 1 aromatic rings. The Morgan fingerprint density at radius 3 is 2.38 bits per heavy atom. The van der Waals surface area contributed by atoms with Crippen LogP contribution in [0.15, 0.2) is 11.0 Å². The fourth-order valence-electron chi connectivity index (χ4n) is 3.40. The minimum absolute atomic E-state index is 0.0584. The molecule has 1 N–H and O–H groups in total. The SMILES string of the molecule is CC(C)c1ncc(C(=O)N2CCC(C(=O)N3CCOCC3)CC2)c(=O)[nH]1. The summed E-state index contributed by atoms with van der Waals surface area (Å²) in [4.78, 5) is 47.7. The normalized spacial score (nSPS) is 19.0. The van der Waals surface area contributed by atoms with E-state index < -0.39 is 5.56 Å². The lowest BCUT2D eigenvalue weighted by Gasteiger charge is -2.35. The Kier molecular flexibility index (Phi) is 5.70. The van der Waals surface area contributed by atoms with Gasteiger partial charge in [0.25, 0.3) is 11.5 Å². The van der Waals surface area contributed by atoms with Gasteiger partial charge in [0.1, 0.15) is 11.4 Å². The van der Waals surface area contributed by atoms with Crippen molar-refractivity contribution in [1.82, 2.24) is 19.8 Å². The number of hydrogen-bond donors (Lipinski definition) is 1. The summed E-state index contributed by atoms with van der Waals surface area (Å²) in [5.41, 5.74) is -0.340. The van der Waals surface area contributed by atoms with Crippen molar-refractivity contribution in [2.45, 2.75) is 32.6 Å². The van der Waals surface area contributed by atoms with E-state index in [0.29, 0.717) is 58.1 Å². The van der Waals surface area contributed by atoms with Crippen LogP contribution in [-0.4, -0.2) is 71.0 Å². The molecule has 8 heteroatoms. The van der Waals surface area contributed by atoms with Gasteiger partial charge in [0.2, 0.25) is 5.91 Å². The molecule has 0 unspecified atom stereocenters. The average molecular weight is 362 g/mol. The van der Waals surface area contributed by atoms with Gasteiger partial charge in [-0.15, -0.1) is 0 Å². The van der Waals surface area contributed by atoms with Gasteiger partial charge in [0.05, 0.1) is 13.2 Å². The van der Waals surface area contributed by atoms with Gasteiger partial charge in [-0.1, -0.05) is 13.8 Å². The molecule has 0 radical (unpaired) electrons. The van der Waals surface area contributed by atoms with Crippen LogP contribution in [0.4, 0.5) is 0 Å². The summed E-state index contributed by atoms with van der Waals surface area (Å²) in [6, 6.07) is 0. The van der Waals surface area contributed by atoms with Gasteiger partial charge in [0.15, 0.2) is 0 Å². The number of amides is 2. The lowest BCUT2D eigenvalue weighted by atomic mass is 9.94. The summed E-state index contributed by atoms with van der Waals surface area (Å²) in [7, 11) is 0. The number of aromatic nitrogens is 2. The molecule has 0 saturated carbocycles. The van der Waals surface area contributed by atoms with Gasteiger partial charge in [-0.25, -0.2) is 4.98 Å². The van der Waals surface area contributed by atoms with Crippen molar-refractivity contribution in [3.63, 3.8) is 0 Å². The van der Waals surface area contributed by atoms with Crippen LogP contribution in [-0.2, 0) is 9.53 Å². The number of morpholine rings is 1. The Labute approximate surface area is 152 Å². The molecule has 0 bridgehead atoms. The number of nitrogens with one attached hydrogen (secondary N) is 1. The zero-order valence-electron chi connectivity index (χ0n) is 15.4. The van der Waals surface area contributed by atoms with Crippen molar-refractivity contribution in [3.8, 4) is 0 Å². The highest BCUT2D eigenvalue weighted by molar-refractivity contribution is 5.93. The fourth-order valence-corrected chi connectivity index (χ4v) is 3.40. The molecule has 26 heavy (non-hydrogen) atoms. The molecular formula is C18H26N4O4. The summed E-state index contributed by atoms with van der Waals surface area (Å²) >= 11 is 0. The van der Waals surface area contributed by atoms with E-state index >= 15 is 0 Å². The first kappa shape index (κ1) is 18.6. The zero-order valence-corrected chi connectivity index (χ0v) is 15.4. The van der Waals surface area contributed by atoms with E-state index in [2.05, 4.69) is 9.97 Å². The van der Waals surface area contributed by atoms with Gasteiger partial charge in [-0.05, 0) is 12.8 Å². The number of rotatable bonds is 3. The average Bonchev–Trinajstić information content (AvgIpc) is 2.67. The zero-order chi connectivity index (χ0) is 18.7. The van der Waals surface area contributed by atoms with Crippen LogP contribution in [0.5, 0.6) is 0 Å². The molecule has 0 atom stereocenters. The van der Waals surface area contributed by atoms with E-state index in [1.807, 2.05) is 18.7 Å². The third kappa shape index (κ3) is 3.95. The van der Waals surface area contributed by atoms with Gasteiger partial charge in [-0.3, -0.25) is 14.4 Å². The highest BCUT2D eigenvalue weighted by atomic mass is 16.5. The fraction of sp³-hybridized carbons (Fsp3) is 0.667. The largest absolute Gasteiger partial charge is 0.378 e. The number of aromatic amines is 1. The van der Waals surface area contributed by atoms with Gasteiger partial charge in [-0.2, -0.15) is 0 Å². The molecule has 3 rings (SSSR count). The summed E-state index contributed by atoms with van der Waals surface area (Å²) in [5.74, 6) is 0.444. The van der Waals surface area contributed by atoms with Crippen molar-refractivity contribution in [3.05, 3.63) is 27.9 Å². The second kappa shape index (κ2) is 7.99. The molecule has 2 aliphatic heterocycles. The summed E-state index contributed by atoms with van der Waals surface area (Å²) < 4.78 is 5.28. The molecule has 142 valence electrons. The van der Waals surface area contributed by atoms with E-state index in [0.717, 1.165) is 0 Å². The predicted molar refractivity (Wildman–Crippen MR) is 95.0 cm³/mol. The van der Waals surface area contributed by atoms with Gasteiger partial charge >= 0.3 is 0 Å². The van der Waals surface area contributed by atoms with Crippen LogP contribution in [0, 0.1) is 5.92 Å². The Balaban J connectivity index is 1.60. The molecule has 2 aliphatic rings. The molecule has 2 saturated heterocycles. The van der Waals surface area contributed by atoms with Gasteiger partial charge in [0, 0.05) is 44.2 Å². The standard InChI is InChI=1S/C18H26N4O4/c1-12(2)15-19-11-14(16(23)20-15)18(25)21-5-3-13(4-6-21)17(24)22-7-9-26-10-8-22/h11-13H,3-10H2,1-2H3,(H,19,20,23). The predicted octanol–water partition coefficient (Wildman–Crippen LogP) is 0.604. The lowest BCUT2D eigenvalue weighted by Crippen LogP contribution is -2.48. The number of carbonyl (C=O) groups is 2. The van der Waals surface area contributed by atoms with Crippen LogP contribution in [0.2, 0.25) is 0 Å². The van der Waals surface area contributed by atoms with Crippen molar-refractivity contribution in [2.75, 3.05) is 39.4 Å². The molecule has 2 amide bonds. The molecular weight excluding hydrogens is 336 g/mol. The van der Waals surface area contributed by atoms with Crippen LogP contribution in [0.25, 0.3) is 0 Å². The number of carbonyl (C=O) groups excluding carboxylic acids is 2. The van der Waals surface area contributed by atoms with Crippen LogP contribution in [0.1, 0.15) is 48.8 Å². The Hall–Kier alpha value is -2.22. The highest BCUT2D eigenvalue weighted by Crippen LogP contribution is 2.21. The van der Waals surface area contributed by atoms with Crippen LogP contribution in [0.3, 0.4) is 0 Å². The molecule has 0 aromatic carbocycles. The smallest absolute Gasteiger partial charge is 0.263 e. The number of nitrogens with zero attached hydrogens (tertiary/aromatic N) is 3. The first-order chi connectivity index (χ1) is 12.5. The quantitative estimate of drug-likeness (QED) is 0.850. The third-order valence-corrected chi connectivity index (χ3v) is 5.05. The maximum Gasteiger partial charge on any atom is 0.263 e. The second-order valence-electron chi connectivity index (χ2n) is 7.17. The molecule has 0 aliphatic carbocycles. The molecule has 8 nitrogen and oxygen atoms in total. The molecule has 1 aromatic heterocycles. The maximum atomic E-state index is 12.6. The monoisotopic (exact) mass is 362 g/mol. The third-order valence-electron chi connectivity index (χ3n) is 5.05. The Morgan fingerprint density at radius 2 is 1.81 bits per heavy atom. The van der Waals surface area contributed by atoms with Crippen molar-refractivity contribution in [2.24, 2.45) is 5.92 Å². The van der Waals surface area contributed by atoms with E-state index in [9.17, 15) is 14.4 Å². The van der Waals surface area contributed by atoms with Crippen molar-refractivity contribution >= 4 is 11.8 Å². The highest BCUT2D eigenvalue weighted by Gasteiger charge is 2.31. The van der Waals surface area contributed by atoms with Crippen LogP contribution < -0.4 is 5.56 Å². The summed E-state index contributed by atoms with van der Waals surface area (Å²) in [6.45, 7) is 7.26. The number of hydrogen-bond acceptors (Lipinski definition) is 5. The molecule has 3 heterocycles. The first-order valence-corrected chi connectivity index (χ1v) is 9.22. The van der Waals surface area contributed by atoms with E-state index in [4.69, 9.17) is 4.74 Å². The van der Waals surface area contributed by atoms with E-state index in [1.54, 1.807) is 4.90 Å². The number of ether oxygens (including phenoxy) is 1.